The second kappa shape index (κ2) is 14.6. The summed E-state index contributed by atoms with van der Waals surface area (Å²) in [6.45, 7) is 1.96. The number of fused-ring (bicyclic) bond motifs is 1. The molecule has 0 bridgehead atoms. The van der Waals surface area contributed by atoms with Crippen molar-refractivity contribution in [3.05, 3.63) is 84.6 Å². The zero-order valence-electron chi connectivity index (χ0n) is 24.8. The van der Waals surface area contributed by atoms with Crippen molar-refractivity contribution in [3.63, 3.8) is 0 Å². The van der Waals surface area contributed by atoms with E-state index in [2.05, 4.69) is 15.7 Å². The van der Waals surface area contributed by atoms with Gasteiger partial charge in [-0.15, -0.1) is 0 Å². The SMILES string of the molecule is CC(C)[C@H](NC(=O)COc1cccc2ccccc12)C(=O)N[C@@H](CC(=O)O)C(=O)COc1cc(C(F)(F)F)nn1-c1ccccc1. The Morgan fingerprint density at radius 2 is 1.57 bits per heavy atom. The predicted molar refractivity (Wildman–Crippen MR) is 159 cm³/mol. The van der Waals surface area contributed by atoms with Crippen molar-refractivity contribution >= 4 is 34.3 Å². The van der Waals surface area contributed by atoms with Crippen LogP contribution >= 0.6 is 0 Å². The van der Waals surface area contributed by atoms with E-state index in [9.17, 15) is 37.5 Å². The molecule has 242 valence electrons. The fourth-order valence-corrected chi connectivity index (χ4v) is 4.50. The molecule has 0 saturated heterocycles. The normalized spacial score (nSPS) is 12.7. The molecule has 0 spiro atoms. The molecule has 2 atom stereocenters. The first-order chi connectivity index (χ1) is 21.8. The Balaban J connectivity index is 1.42. The number of rotatable bonds is 14. The summed E-state index contributed by atoms with van der Waals surface area (Å²) in [4.78, 5) is 50.6. The highest BCUT2D eigenvalue weighted by atomic mass is 19.4. The van der Waals surface area contributed by atoms with E-state index in [1.807, 2.05) is 30.3 Å². The lowest BCUT2D eigenvalue weighted by Crippen LogP contribution is -2.55. The largest absolute Gasteiger partial charge is 0.483 e. The summed E-state index contributed by atoms with van der Waals surface area (Å²) in [5.74, 6) is -4.30. The average molecular weight is 641 g/mol. The van der Waals surface area contributed by atoms with Gasteiger partial charge in [-0.25, -0.2) is 4.68 Å². The molecule has 1 heterocycles. The van der Waals surface area contributed by atoms with Gasteiger partial charge < -0.3 is 25.2 Å². The molecular formula is C32H31F3N4O7. The number of hydrogen-bond donors (Lipinski definition) is 3. The standard InChI is InChI=1S/C32H31F3N4O7/c1-19(2)30(37-27(41)18-45-25-14-8-10-20-9-6-7-13-22(20)25)31(44)36-23(15-29(42)43)24(40)17-46-28-16-26(32(33,34)35)38-39(28)21-11-4-3-5-12-21/h3-14,16,19,23,30H,15,17-18H2,1-2H3,(H,36,44)(H,37,41)(H,42,43)/t23-,30-/m0/s1. The molecular weight excluding hydrogens is 609 g/mol. The van der Waals surface area contributed by atoms with Crippen LogP contribution in [0.1, 0.15) is 26.0 Å². The van der Waals surface area contributed by atoms with Gasteiger partial charge in [0, 0.05) is 11.5 Å². The zero-order valence-corrected chi connectivity index (χ0v) is 24.8. The van der Waals surface area contributed by atoms with E-state index in [4.69, 9.17) is 9.47 Å². The first-order valence-corrected chi connectivity index (χ1v) is 14.1. The van der Waals surface area contributed by atoms with Crippen LogP contribution < -0.4 is 20.1 Å². The maximum Gasteiger partial charge on any atom is 0.435 e. The zero-order chi connectivity index (χ0) is 33.4. The first kappa shape index (κ1) is 33.5. The number of halogens is 3. The van der Waals surface area contributed by atoms with Crippen LogP contribution in [0.2, 0.25) is 0 Å². The molecule has 3 N–H and O–H groups in total. The molecule has 1 aromatic heterocycles. The van der Waals surface area contributed by atoms with Crippen LogP contribution in [-0.2, 0) is 25.4 Å². The van der Waals surface area contributed by atoms with E-state index in [1.165, 1.54) is 12.1 Å². The van der Waals surface area contributed by atoms with Crippen molar-refractivity contribution < 1.29 is 46.9 Å². The van der Waals surface area contributed by atoms with Gasteiger partial charge in [0.2, 0.25) is 11.8 Å². The minimum atomic E-state index is -4.81. The Hall–Kier alpha value is -5.40. The van der Waals surface area contributed by atoms with Crippen molar-refractivity contribution in [1.29, 1.82) is 0 Å². The smallest absolute Gasteiger partial charge is 0.435 e. The van der Waals surface area contributed by atoms with Gasteiger partial charge >= 0.3 is 12.1 Å². The molecule has 0 saturated carbocycles. The number of Topliss-reactive ketones (excluding diaryl/α,β-unsaturated/α-hetero) is 1. The number of nitrogens with one attached hydrogen (secondary N) is 2. The molecule has 46 heavy (non-hydrogen) atoms. The van der Waals surface area contributed by atoms with Gasteiger partial charge in [-0.2, -0.15) is 18.3 Å². The molecule has 4 rings (SSSR count). The Kier molecular flexibility index (Phi) is 10.6. The molecule has 3 aromatic carbocycles. The molecule has 0 aliphatic carbocycles. The number of aliphatic carboxylic acids is 1. The number of ketones is 1. The molecule has 0 aliphatic heterocycles. The molecule has 4 aromatic rings. The van der Waals surface area contributed by atoms with Crippen molar-refractivity contribution in [3.8, 4) is 17.3 Å². The van der Waals surface area contributed by atoms with E-state index in [1.54, 1.807) is 44.2 Å². The molecule has 0 unspecified atom stereocenters. The van der Waals surface area contributed by atoms with Crippen molar-refractivity contribution in [2.24, 2.45) is 5.92 Å². The molecule has 14 heteroatoms. The van der Waals surface area contributed by atoms with Gasteiger partial charge in [-0.1, -0.05) is 68.4 Å². The van der Waals surface area contributed by atoms with Gasteiger partial charge in [0.1, 0.15) is 17.8 Å². The van der Waals surface area contributed by atoms with Crippen LogP contribution in [0.5, 0.6) is 11.6 Å². The van der Waals surface area contributed by atoms with Crippen LogP contribution in [0, 0.1) is 5.92 Å². The Bertz CT molecular complexity index is 1700. The van der Waals surface area contributed by atoms with Crippen LogP contribution in [-0.4, -0.2) is 63.8 Å². The summed E-state index contributed by atoms with van der Waals surface area (Å²) in [5.41, 5.74) is -1.05. The summed E-state index contributed by atoms with van der Waals surface area (Å²) >= 11 is 0. The first-order valence-electron chi connectivity index (χ1n) is 14.1. The third kappa shape index (κ3) is 8.61. The van der Waals surface area contributed by atoms with E-state index in [0.29, 0.717) is 11.8 Å². The molecule has 11 nitrogen and oxygen atoms in total. The Labute approximate surface area is 261 Å². The maximum absolute atomic E-state index is 13.4. The van der Waals surface area contributed by atoms with Crippen molar-refractivity contribution in [1.82, 2.24) is 20.4 Å². The number of nitrogens with zero attached hydrogens (tertiary/aromatic N) is 2. The second-order valence-electron chi connectivity index (χ2n) is 10.6. The van der Waals surface area contributed by atoms with E-state index >= 15 is 0 Å². The minimum Gasteiger partial charge on any atom is -0.483 e. The fraction of sp³-hybridized carbons (Fsp3) is 0.281. The van der Waals surface area contributed by atoms with Gasteiger partial charge in [0.25, 0.3) is 5.91 Å². The number of benzene rings is 3. The third-order valence-corrected chi connectivity index (χ3v) is 6.79. The highest BCUT2D eigenvalue weighted by Gasteiger charge is 2.36. The second-order valence-corrected chi connectivity index (χ2v) is 10.6. The van der Waals surface area contributed by atoms with Crippen molar-refractivity contribution in [2.75, 3.05) is 13.2 Å². The van der Waals surface area contributed by atoms with E-state index in [-0.39, 0.29) is 5.69 Å². The average Bonchev–Trinajstić information content (AvgIpc) is 3.46. The number of ether oxygens (including phenoxy) is 2. The molecule has 0 radical (unpaired) electrons. The number of carbonyl (C=O) groups is 4. The van der Waals surface area contributed by atoms with Crippen LogP contribution in [0.15, 0.2) is 78.9 Å². The van der Waals surface area contributed by atoms with Gasteiger partial charge in [-0.3, -0.25) is 19.2 Å². The predicted octanol–water partition coefficient (Wildman–Crippen LogP) is 4.17. The number of alkyl halides is 3. The summed E-state index contributed by atoms with van der Waals surface area (Å²) in [7, 11) is 0. The molecule has 2 amide bonds. The lowest BCUT2D eigenvalue weighted by Gasteiger charge is -2.24. The summed E-state index contributed by atoms with van der Waals surface area (Å²) in [6.07, 6.45) is -5.65. The quantitative estimate of drug-likeness (QED) is 0.186. The number of amides is 2. The molecule has 0 aliphatic rings. The number of carboxylic acids is 1. The lowest BCUT2D eigenvalue weighted by molar-refractivity contribution is -0.142. The monoisotopic (exact) mass is 640 g/mol. The van der Waals surface area contributed by atoms with Crippen LogP contribution in [0.4, 0.5) is 13.2 Å². The topological polar surface area (TPSA) is 149 Å². The lowest BCUT2D eigenvalue weighted by atomic mass is 10.0. The van der Waals surface area contributed by atoms with Gasteiger partial charge in [0.15, 0.2) is 24.7 Å². The maximum atomic E-state index is 13.4. The Morgan fingerprint density at radius 1 is 0.891 bits per heavy atom. The van der Waals surface area contributed by atoms with Crippen LogP contribution in [0.25, 0.3) is 16.5 Å². The Morgan fingerprint density at radius 3 is 2.24 bits per heavy atom. The fourth-order valence-electron chi connectivity index (χ4n) is 4.50. The van der Waals surface area contributed by atoms with E-state index in [0.717, 1.165) is 15.5 Å². The van der Waals surface area contributed by atoms with E-state index < -0.39 is 79.0 Å². The van der Waals surface area contributed by atoms with Gasteiger partial charge in [-0.05, 0) is 29.5 Å². The molecule has 0 fully saturated rings. The highest BCUT2D eigenvalue weighted by Crippen LogP contribution is 2.32. The summed E-state index contributed by atoms with van der Waals surface area (Å²) in [5, 5.41) is 19.5. The number of hydrogen-bond acceptors (Lipinski definition) is 7. The summed E-state index contributed by atoms with van der Waals surface area (Å²) in [6, 6.07) is 18.3. The number of carbonyl (C=O) groups excluding carboxylic acids is 3. The summed E-state index contributed by atoms with van der Waals surface area (Å²) < 4.78 is 52.1. The van der Waals surface area contributed by atoms with Crippen LogP contribution in [0.3, 0.4) is 0 Å². The number of para-hydroxylation sites is 1. The third-order valence-electron chi connectivity index (χ3n) is 6.79. The highest BCUT2D eigenvalue weighted by molar-refractivity contribution is 5.95. The minimum absolute atomic E-state index is 0.218. The van der Waals surface area contributed by atoms with Gasteiger partial charge in [0.05, 0.1) is 12.1 Å². The van der Waals surface area contributed by atoms with Crippen molar-refractivity contribution in [2.45, 2.75) is 38.5 Å². The number of aromatic nitrogens is 2. The number of carboxylic acid groups (broad SMARTS) is 1.